The van der Waals surface area contributed by atoms with Crippen LogP contribution in [0.15, 0.2) is 53.4 Å². The summed E-state index contributed by atoms with van der Waals surface area (Å²) in [5.74, 6) is -1.09. The van der Waals surface area contributed by atoms with Crippen molar-refractivity contribution in [1.82, 2.24) is 14.5 Å². The molecule has 0 radical (unpaired) electrons. The van der Waals surface area contributed by atoms with Crippen molar-refractivity contribution >= 4 is 27.7 Å². The molecule has 1 N–H and O–H groups in total. The minimum atomic E-state index is -3.93. The lowest BCUT2D eigenvalue weighted by Crippen LogP contribution is -2.53. The van der Waals surface area contributed by atoms with Crippen molar-refractivity contribution < 1.29 is 22.8 Å². The van der Waals surface area contributed by atoms with E-state index in [9.17, 15) is 22.8 Å². The van der Waals surface area contributed by atoms with E-state index >= 15 is 0 Å². The second-order valence-corrected chi connectivity index (χ2v) is 12.0. The van der Waals surface area contributed by atoms with Crippen LogP contribution in [0.2, 0.25) is 0 Å². The van der Waals surface area contributed by atoms with Crippen LogP contribution in [0.25, 0.3) is 0 Å². The minimum Gasteiger partial charge on any atom is -0.350 e. The molecule has 0 aromatic heterocycles. The number of fused-ring (bicyclic) bond motifs is 1. The van der Waals surface area contributed by atoms with Crippen molar-refractivity contribution in [3.8, 4) is 0 Å². The number of aryl methyl sites for hydroxylation is 1. The Bertz CT molecular complexity index is 1230. The number of rotatable bonds is 9. The lowest BCUT2D eigenvalue weighted by Gasteiger charge is -2.33. The Kier molecular flexibility index (Phi) is 8.23. The van der Waals surface area contributed by atoms with Gasteiger partial charge in [-0.2, -0.15) is 0 Å². The smallest absolute Gasteiger partial charge is 0.269 e. The molecule has 0 saturated carbocycles. The van der Waals surface area contributed by atoms with E-state index in [2.05, 4.69) is 5.32 Å². The maximum Gasteiger partial charge on any atom is 0.269 e. The monoisotopic (exact) mass is 513 g/mol. The molecular weight excluding hydrogens is 478 g/mol. The first-order chi connectivity index (χ1) is 16.8. The topological polar surface area (TPSA) is 104 Å². The van der Waals surface area contributed by atoms with E-state index in [1.807, 2.05) is 58.9 Å². The van der Waals surface area contributed by atoms with E-state index in [0.29, 0.717) is 6.42 Å². The van der Waals surface area contributed by atoms with E-state index in [1.165, 1.54) is 12.1 Å². The van der Waals surface area contributed by atoms with Crippen LogP contribution in [-0.4, -0.2) is 53.5 Å². The van der Waals surface area contributed by atoms with Crippen LogP contribution in [0, 0.1) is 6.92 Å². The van der Waals surface area contributed by atoms with Gasteiger partial charge >= 0.3 is 0 Å². The Balaban J connectivity index is 1.76. The summed E-state index contributed by atoms with van der Waals surface area (Å²) in [6.45, 7) is 9.63. The van der Waals surface area contributed by atoms with Gasteiger partial charge in [0.05, 0.1) is 5.56 Å². The van der Waals surface area contributed by atoms with Crippen LogP contribution >= 0.6 is 0 Å². The fourth-order valence-corrected chi connectivity index (χ4v) is 5.84. The van der Waals surface area contributed by atoms with Crippen LogP contribution in [0.1, 0.15) is 68.4 Å². The molecule has 0 bridgehead atoms. The average molecular weight is 514 g/mol. The summed E-state index contributed by atoms with van der Waals surface area (Å²) < 4.78 is 26.4. The van der Waals surface area contributed by atoms with E-state index < -0.39 is 27.5 Å². The van der Waals surface area contributed by atoms with Crippen LogP contribution in [0.4, 0.5) is 0 Å². The molecule has 8 nitrogen and oxygen atoms in total. The van der Waals surface area contributed by atoms with Crippen molar-refractivity contribution in [2.24, 2.45) is 0 Å². The number of carbonyl (C=O) groups is 3. The highest BCUT2D eigenvalue weighted by Crippen LogP contribution is 2.30. The number of hydrogen-bond donors (Lipinski definition) is 1. The molecule has 1 heterocycles. The highest BCUT2D eigenvalue weighted by Gasteiger charge is 2.40. The van der Waals surface area contributed by atoms with Gasteiger partial charge < -0.3 is 10.2 Å². The third-order valence-corrected chi connectivity index (χ3v) is 7.86. The Morgan fingerprint density at radius 2 is 1.69 bits per heavy atom. The van der Waals surface area contributed by atoms with Gasteiger partial charge in [-0.1, -0.05) is 48.9 Å². The number of carbonyl (C=O) groups excluding carboxylic acids is 3. The van der Waals surface area contributed by atoms with Gasteiger partial charge in [-0.25, -0.2) is 12.7 Å². The van der Waals surface area contributed by atoms with Gasteiger partial charge in [0.2, 0.25) is 11.8 Å². The van der Waals surface area contributed by atoms with Gasteiger partial charge in [-0.15, -0.1) is 0 Å². The highest BCUT2D eigenvalue weighted by atomic mass is 32.2. The quantitative estimate of drug-likeness (QED) is 0.551. The number of amides is 3. The predicted octanol–water partition coefficient (Wildman–Crippen LogP) is 3.64. The standard InChI is InChI=1S/C27H35N3O5S/c1-6-22(25(32)28-27(3,4)5)29(18-20-15-13-19(2)14-16-20)24(31)12-9-17-30-26(33)21-10-7-8-11-23(21)36(30,34)35/h7-8,10-11,13-16,22H,6,9,12,17-18H2,1-5H3,(H,28,32)/t22-/m0/s1. The third-order valence-electron chi connectivity index (χ3n) is 6.02. The number of benzene rings is 2. The molecule has 0 saturated heterocycles. The summed E-state index contributed by atoms with van der Waals surface area (Å²) in [5.41, 5.74) is 1.67. The second kappa shape index (κ2) is 10.8. The summed E-state index contributed by atoms with van der Waals surface area (Å²) >= 11 is 0. The van der Waals surface area contributed by atoms with E-state index in [1.54, 1.807) is 17.0 Å². The maximum atomic E-state index is 13.4. The molecule has 1 aliphatic heterocycles. The van der Waals surface area contributed by atoms with Crippen molar-refractivity contribution in [3.63, 3.8) is 0 Å². The normalized spacial score (nSPS) is 15.4. The summed E-state index contributed by atoms with van der Waals surface area (Å²) in [6.07, 6.45) is 0.578. The lowest BCUT2D eigenvalue weighted by atomic mass is 10.0. The van der Waals surface area contributed by atoms with Crippen molar-refractivity contribution in [1.29, 1.82) is 0 Å². The SMILES string of the molecule is CC[C@@H](C(=O)NC(C)(C)C)N(Cc1ccc(C)cc1)C(=O)CCCN1C(=O)c2ccccc2S1(=O)=O. The van der Waals surface area contributed by atoms with Crippen LogP contribution < -0.4 is 5.32 Å². The molecule has 1 aliphatic rings. The first kappa shape index (κ1) is 27.4. The number of sulfonamides is 1. The van der Waals surface area contributed by atoms with Gasteiger partial charge in [-0.3, -0.25) is 14.4 Å². The Morgan fingerprint density at radius 1 is 1.06 bits per heavy atom. The van der Waals surface area contributed by atoms with E-state index in [0.717, 1.165) is 15.4 Å². The molecule has 0 spiro atoms. The summed E-state index contributed by atoms with van der Waals surface area (Å²) in [7, 11) is -3.93. The van der Waals surface area contributed by atoms with E-state index in [-0.39, 0.29) is 48.2 Å². The van der Waals surface area contributed by atoms with Crippen molar-refractivity contribution in [2.45, 2.75) is 76.9 Å². The summed E-state index contributed by atoms with van der Waals surface area (Å²) in [6, 6.07) is 13.2. The average Bonchev–Trinajstić information content (AvgIpc) is 2.99. The zero-order valence-electron chi connectivity index (χ0n) is 21.6. The third kappa shape index (κ3) is 6.13. The van der Waals surface area contributed by atoms with Gasteiger partial charge in [0, 0.05) is 25.0 Å². The van der Waals surface area contributed by atoms with Gasteiger partial charge in [0.15, 0.2) is 0 Å². The molecule has 36 heavy (non-hydrogen) atoms. The number of hydrogen-bond acceptors (Lipinski definition) is 5. The first-order valence-corrected chi connectivity index (χ1v) is 13.6. The fourth-order valence-electron chi connectivity index (χ4n) is 4.23. The first-order valence-electron chi connectivity index (χ1n) is 12.2. The second-order valence-electron chi connectivity index (χ2n) is 10.2. The number of nitrogens with one attached hydrogen (secondary N) is 1. The Morgan fingerprint density at radius 3 is 2.28 bits per heavy atom. The van der Waals surface area contributed by atoms with Gasteiger partial charge in [0.1, 0.15) is 10.9 Å². The van der Waals surface area contributed by atoms with Gasteiger partial charge in [-0.05, 0) is 58.2 Å². The number of nitrogens with zero attached hydrogens (tertiary/aromatic N) is 2. The predicted molar refractivity (Wildman–Crippen MR) is 138 cm³/mol. The molecule has 0 aliphatic carbocycles. The van der Waals surface area contributed by atoms with Crippen LogP contribution in [-0.2, 0) is 26.2 Å². The maximum absolute atomic E-state index is 13.4. The Labute approximate surface area is 213 Å². The molecule has 9 heteroatoms. The molecule has 3 rings (SSSR count). The van der Waals surface area contributed by atoms with E-state index in [4.69, 9.17) is 0 Å². The molecule has 3 amide bonds. The highest BCUT2D eigenvalue weighted by molar-refractivity contribution is 7.90. The molecule has 0 fully saturated rings. The van der Waals surface area contributed by atoms with Crippen molar-refractivity contribution in [2.75, 3.05) is 6.54 Å². The van der Waals surface area contributed by atoms with Crippen LogP contribution in [0.3, 0.4) is 0 Å². The molecule has 2 aromatic carbocycles. The largest absolute Gasteiger partial charge is 0.350 e. The molecule has 194 valence electrons. The van der Waals surface area contributed by atoms with Crippen molar-refractivity contribution in [3.05, 3.63) is 65.2 Å². The van der Waals surface area contributed by atoms with Crippen LogP contribution in [0.5, 0.6) is 0 Å². The molecular formula is C27H35N3O5S. The summed E-state index contributed by atoms with van der Waals surface area (Å²) in [5, 5.41) is 2.96. The zero-order chi connectivity index (χ0) is 26.7. The fraction of sp³-hybridized carbons (Fsp3) is 0.444. The molecule has 2 aromatic rings. The summed E-state index contributed by atoms with van der Waals surface area (Å²) in [4.78, 5) is 40.7. The lowest BCUT2D eigenvalue weighted by molar-refractivity contribution is -0.142. The minimum absolute atomic E-state index is 0.000798. The molecule has 1 atom stereocenters. The molecule has 0 unspecified atom stereocenters. The zero-order valence-corrected chi connectivity index (χ0v) is 22.4. The van der Waals surface area contributed by atoms with Gasteiger partial charge in [0.25, 0.3) is 15.9 Å². The Hall–Kier alpha value is -3.20.